The number of allylic oxidation sites excluding steroid dienone is 1. The third-order valence-electron chi connectivity index (χ3n) is 7.39. The number of Topliss-reactive ketones (excluding diaryl/α,β-unsaturated/α-hetero) is 1. The molecule has 3 aromatic carbocycles. The number of para-hydroxylation sites is 3. The average Bonchev–Trinajstić information content (AvgIpc) is 3.05. The van der Waals surface area contributed by atoms with E-state index in [0.717, 1.165) is 34.6 Å². The maximum Gasteiger partial charge on any atom is 0.166 e. The Labute approximate surface area is 219 Å². The summed E-state index contributed by atoms with van der Waals surface area (Å²) < 4.78 is 11.7. The van der Waals surface area contributed by atoms with Crippen molar-refractivity contribution in [3.8, 4) is 11.5 Å². The summed E-state index contributed by atoms with van der Waals surface area (Å²) in [6, 6.07) is 22.4. The summed E-state index contributed by atoms with van der Waals surface area (Å²) in [7, 11) is 1.64. The Hall–Kier alpha value is -3.73. The lowest BCUT2D eigenvalue weighted by Crippen LogP contribution is -2.27. The van der Waals surface area contributed by atoms with Crippen LogP contribution in [0.5, 0.6) is 11.5 Å². The van der Waals surface area contributed by atoms with Gasteiger partial charge in [0.2, 0.25) is 0 Å². The molecule has 37 heavy (non-hydrogen) atoms. The summed E-state index contributed by atoms with van der Waals surface area (Å²) in [6.07, 6.45) is 1.23. The number of anilines is 2. The van der Waals surface area contributed by atoms with Gasteiger partial charge in [-0.2, -0.15) is 0 Å². The van der Waals surface area contributed by atoms with Crippen LogP contribution < -0.4 is 20.1 Å². The van der Waals surface area contributed by atoms with Crippen LogP contribution in [0, 0.1) is 0 Å². The lowest BCUT2D eigenvalue weighted by molar-refractivity contribution is -0.116. The fourth-order valence-electron chi connectivity index (χ4n) is 5.44. The summed E-state index contributed by atoms with van der Waals surface area (Å²) in [5.41, 5.74) is 7.15. The number of hydrogen-bond acceptors (Lipinski definition) is 5. The average molecular weight is 497 g/mol. The topological polar surface area (TPSA) is 59.6 Å². The third kappa shape index (κ3) is 4.83. The maximum atomic E-state index is 13.9. The van der Waals surface area contributed by atoms with Gasteiger partial charge in [-0.1, -0.05) is 69.3 Å². The van der Waals surface area contributed by atoms with Crippen LogP contribution in [0.15, 0.2) is 78.0 Å². The van der Waals surface area contributed by atoms with Crippen LogP contribution in [0.1, 0.15) is 69.2 Å². The molecular weight excluding hydrogens is 460 g/mol. The van der Waals surface area contributed by atoms with E-state index in [1.807, 2.05) is 43.3 Å². The van der Waals surface area contributed by atoms with E-state index in [2.05, 4.69) is 61.7 Å². The zero-order valence-electron chi connectivity index (χ0n) is 22.4. The van der Waals surface area contributed by atoms with Crippen molar-refractivity contribution >= 4 is 17.2 Å². The first-order valence-electron chi connectivity index (χ1n) is 13.1. The molecule has 0 bridgehead atoms. The second-order valence-electron chi connectivity index (χ2n) is 10.9. The highest BCUT2D eigenvalue weighted by Gasteiger charge is 2.37. The van der Waals surface area contributed by atoms with Crippen molar-refractivity contribution in [2.45, 2.75) is 57.9 Å². The Morgan fingerprint density at radius 3 is 2.32 bits per heavy atom. The molecule has 0 spiro atoms. The van der Waals surface area contributed by atoms with Crippen molar-refractivity contribution < 1.29 is 14.3 Å². The lowest BCUT2D eigenvalue weighted by atomic mass is 9.77. The van der Waals surface area contributed by atoms with Crippen LogP contribution in [-0.4, -0.2) is 19.5 Å². The van der Waals surface area contributed by atoms with Crippen molar-refractivity contribution in [1.82, 2.24) is 0 Å². The Morgan fingerprint density at radius 1 is 0.919 bits per heavy atom. The number of nitrogens with one attached hydrogen (secondary N) is 2. The molecule has 0 saturated carbocycles. The van der Waals surface area contributed by atoms with Gasteiger partial charge in [0.1, 0.15) is 0 Å². The quantitative estimate of drug-likeness (QED) is 0.386. The molecule has 0 radical (unpaired) electrons. The summed E-state index contributed by atoms with van der Waals surface area (Å²) in [6.45, 7) is 9.12. The van der Waals surface area contributed by atoms with Crippen molar-refractivity contribution in [2.24, 2.45) is 0 Å². The zero-order valence-corrected chi connectivity index (χ0v) is 22.4. The largest absolute Gasteiger partial charge is 0.493 e. The minimum atomic E-state index is -0.362. The number of carbonyl (C=O) groups excluding carboxylic acids is 1. The summed E-state index contributed by atoms with van der Waals surface area (Å²) in [4.78, 5) is 13.9. The fraction of sp³-hybridized carbons (Fsp3) is 0.344. The molecule has 0 aromatic heterocycles. The summed E-state index contributed by atoms with van der Waals surface area (Å²) in [5.74, 6) is 1.60. The molecule has 5 heteroatoms. The second kappa shape index (κ2) is 9.97. The zero-order chi connectivity index (χ0) is 26.2. The van der Waals surface area contributed by atoms with Gasteiger partial charge in [-0.05, 0) is 54.0 Å². The lowest BCUT2D eigenvalue weighted by Gasteiger charge is -2.31. The Balaban J connectivity index is 1.60. The number of fused-ring (bicyclic) bond motifs is 1. The predicted octanol–water partition coefficient (Wildman–Crippen LogP) is 7.37. The molecule has 1 heterocycles. The molecule has 2 atom stereocenters. The number of ketones is 1. The van der Waals surface area contributed by atoms with Crippen LogP contribution >= 0.6 is 0 Å². The predicted molar refractivity (Wildman–Crippen MR) is 150 cm³/mol. The van der Waals surface area contributed by atoms with E-state index >= 15 is 0 Å². The number of carbonyl (C=O) groups is 1. The minimum Gasteiger partial charge on any atom is -0.493 e. The van der Waals surface area contributed by atoms with Crippen LogP contribution in [0.4, 0.5) is 11.4 Å². The Morgan fingerprint density at radius 2 is 1.65 bits per heavy atom. The molecule has 2 unspecified atom stereocenters. The first-order chi connectivity index (χ1) is 17.8. The molecule has 5 rings (SSSR count). The molecule has 0 fully saturated rings. The third-order valence-corrected chi connectivity index (χ3v) is 7.39. The monoisotopic (exact) mass is 496 g/mol. The normalized spacial score (nSPS) is 19.2. The molecule has 2 aliphatic rings. The molecule has 1 aliphatic heterocycles. The fourth-order valence-corrected chi connectivity index (χ4v) is 5.44. The molecule has 192 valence electrons. The number of hydrogen-bond donors (Lipinski definition) is 2. The Bertz CT molecular complexity index is 1330. The van der Waals surface area contributed by atoms with Gasteiger partial charge < -0.3 is 20.1 Å². The summed E-state index contributed by atoms with van der Waals surface area (Å²) in [5, 5.41) is 7.29. The summed E-state index contributed by atoms with van der Waals surface area (Å²) >= 11 is 0. The van der Waals surface area contributed by atoms with E-state index in [0.29, 0.717) is 24.5 Å². The van der Waals surface area contributed by atoms with Gasteiger partial charge in [-0.15, -0.1) is 0 Å². The van der Waals surface area contributed by atoms with E-state index in [1.165, 1.54) is 11.1 Å². The highest BCUT2D eigenvalue weighted by Crippen LogP contribution is 2.47. The minimum absolute atomic E-state index is 0.0943. The van der Waals surface area contributed by atoms with E-state index in [1.54, 1.807) is 7.11 Å². The van der Waals surface area contributed by atoms with Crippen molar-refractivity contribution in [2.75, 3.05) is 24.4 Å². The first-order valence-corrected chi connectivity index (χ1v) is 13.1. The molecule has 2 N–H and O–H groups in total. The van der Waals surface area contributed by atoms with Gasteiger partial charge in [-0.25, -0.2) is 0 Å². The highest BCUT2D eigenvalue weighted by molar-refractivity contribution is 6.01. The van der Waals surface area contributed by atoms with E-state index in [4.69, 9.17) is 9.47 Å². The Kier molecular flexibility index (Phi) is 6.72. The van der Waals surface area contributed by atoms with Crippen molar-refractivity contribution in [1.29, 1.82) is 0 Å². The highest BCUT2D eigenvalue weighted by atomic mass is 16.5. The van der Waals surface area contributed by atoms with Crippen molar-refractivity contribution in [3.63, 3.8) is 0 Å². The van der Waals surface area contributed by atoms with Gasteiger partial charge in [0.25, 0.3) is 0 Å². The van der Waals surface area contributed by atoms with Crippen LogP contribution in [-0.2, 0) is 10.2 Å². The molecule has 1 aliphatic carbocycles. The van der Waals surface area contributed by atoms with E-state index in [-0.39, 0.29) is 23.2 Å². The number of rotatable bonds is 5. The van der Waals surface area contributed by atoms with Crippen LogP contribution in [0.2, 0.25) is 0 Å². The van der Waals surface area contributed by atoms with Gasteiger partial charge in [0.05, 0.1) is 31.1 Å². The van der Waals surface area contributed by atoms with Gasteiger partial charge >= 0.3 is 0 Å². The van der Waals surface area contributed by atoms with E-state index < -0.39 is 0 Å². The first kappa shape index (κ1) is 24.9. The molecular formula is C32H36N2O3. The number of ether oxygens (including phenoxy) is 2. The SMILES string of the molecule is CCOc1c(OC)cccc1C1Nc2ccccc2NC2=C1C(=O)CC(c1ccc(C(C)(C)C)cc1)C2. The van der Waals surface area contributed by atoms with E-state index in [9.17, 15) is 4.79 Å². The molecule has 3 aromatic rings. The van der Waals surface area contributed by atoms with Crippen LogP contribution in [0.25, 0.3) is 0 Å². The van der Waals surface area contributed by atoms with Gasteiger partial charge in [0.15, 0.2) is 17.3 Å². The molecule has 0 amide bonds. The second-order valence-corrected chi connectivity index (χ2v) is 10.9. The smallest absolute Gasteiger partial charge is 0.166 e. The molecule has 0 saturated heterocycles. The van der Waals surface area contributed by atoms with Crippen molar-refractivity contribution in [3.05, 3.63) is 94.7 Å². The van der Waals surface area contributed by atoms with Crippen LogP contribution in [0.3, 0.4) is 0 Å². The standard InChI is InChI=1S/C32H36N2O3/c1-6-37-31-23(10-9-13-28(31)36-5)30-29-26(33-24-11-7-8-12-25(24)34-30)18-21(19-27(29)35)20-14-16-22(17-15-20)32(2,3)4/h7-17,21,30,33-34H,6,18-19H2,1-5H3. The molecule has 5 nitrogen and oxygen atoms in total. The van der Waals surface area contributed by atoms with Gasteiger partial charge in [0, 0.05) is 23.3 Å². The van der Waals surface area contributed by atoms with Gasteiger partial charge in [-0.3, -0.25) is 4.79 Å². The maximum absolute atomic E-state index is 13.9. The number of benzene rings is 3. The number of methoxy groups -OCH3 is 1.